The summed E-state index contributed by atoms with van der Waals surface area (Å²) in [6.07, 6.45) is 2.77. The van der Waals surface area contributed by atoms with Crippen LogP contribution in [0.5, 0.6) is 0 Å². The Hall–Kier alpha value is -1.06. The van der Waals surface area contributed by atoms with Crippen molar-refractivity contribution in [3.05, 3.63) is 30.1 Å². The molecule has 19 heavy (non-hydrogen) atoms. The molecule has 0 aliphatic carbocycles. The van der Waals surface area contributed by atoms with Crippen LogP contribution < -0.4 is 0 Å². The van der Waals surface area contributed by atoms with Crippen molar-refractivity contribution in [2.24, 2.45) is 0 Å². The number of hydrogen-bond acceptors (Lipinski definition) is 2. The lowest BCUT2D eigenvalue weighted by Crippen LogP contribution is -2.10. The Morgan fingerprint density at radius 2 is 2.16 bits per heavy atom. The highest BCUT2D eigenvalue weighted by atomic mass is 35.5. The van der Waals surface area contributed by atoms with Crippen LogP contribution in [0.25, 0.3) is 11.0 Å². The second kappa shape index (κ2) is 6.92. The molecule has 1 heterocycles. The van der Waals surface area contributed by atoms with Crippen LogP contribution in [0.3, 0.4) is 0 Å². The molecule has 0 amide bonds. The monoisotopic (exact) mass is 280 g/mol. The highest BCUT2D eigenvalue weighted by Gasteiger charge is 2.13. The minimum Gasteiger partial charge on any atom is -0.385 e. The SMILES string of the molecule is CCn1c(CC(Cl)CCCOC)nc2ccccc21. The summed E-state index contributed by atoms with van der Waals surface area (Å²) in [5.41, 5.74) is 2.25. The van der Waals surface area contributed by atoms with Crippen LogP contribution in [-0.4, -0.2) is 28.6 Å². The van der Waals surface area contributed by atoms with Gasteiger partial charge in [-0.05, 0) is 31.9 Å². The average Bonchev–Trinajstić information content (AvgIpc) is 2.76. The van der Waals surface area contributed by atoms with Crippen LogP contribution in [0.4, 0.5) is 0 Å². The lowest BCUT2D eigenvalue weighted by Gasteiger charge is -2.10. The molecule has 0 spiro atoms. The van der Waals surface area contributed by atoms with E-state index in [1.807, 2.05) is 6.07 Å². The zero-order chi connectivity index (χ0) is 13.7. The highest BCUT2D eigenvalue weighted by molar-refractivity contribution is 6.20. The molecular formula is C15H21ClN2O. The number of rotatable bonds is 7. The summed E-state index contributed by atoms with van der Waals surface area (Å²) < 4.78 is 7.31. The molecule has 0 aliphatic rings. The number of aromatic nitrogens is 2. The Kier molecular flexibility index (Phi) is 5.23. The third kappa shape index (κ3) is 3.48. The number of halogens is 1. The molecule has 2 aromatic rings. The van der Waals surface area contributed by atoms with Gasteiger partial charge in [-0.3, -0.25) is 0 Å². The maximum Gasteiger partial charge on any atom is 0.111 e. The third-order valence-electron chi connectivity index (χ3n) is 3.32. The fourth-order valence-corrected chi connectivity index (χ4v) is 2.68. The number of para-hydroxylation sites is 2. The number of nitrogens with zero attached hydrogens (tertiary/aromatic N) is 2. The number of imidazole rings is 1. The fraction of sp³-hybridized carbons (Fsp3) is 0.533. The number of hydrogen-bond donors (Lipinski definition) is 0. The predicted octanol–water partition coefficient (Wildman–Crippen LogP) is 3.63. The van der Waals surface area contributed by atoms with E-state index in [9.17, 15) is 0 Å². The van der Waals surface area contributed by atoms with Gasteiger partial charge in [-0.2, -0.15) is 0 Å². The largest absolute Gasteiger partial charge is 0.385 e. The van der Waals surface area contributed by atoms with E-state index in [4.69, 9.17) is 21.3 Å². The smallest absolute Gasteiger partial charge is 0.111 e. The first-order valence-electron chi connectivity index (χ1n) is 6.83. The van der Waals surface area contributed by atoms with Crippen LogP contribution in [-0.2, 0) is 17.7 Å². The normalized spacial score (nSPS) is 13.0. The molecule has 1 unspecified atom stereocenters. The van der Waals surface area contributed by atoms with Gasteiger partial charge in [0.1, 0.15) is 5.82 Å². The van der Waals surface area contributed by atoms with Crippen molar-refractivity contribution in [2.45, 2.75) is 38.1 Å². The van der Waals surface area contributed by atoms with E-state index >= 15 is 0 Å². The Morgan fingerprint density at radius 1 is 1.37 bits per heavy atom. The first-order valence-corrected chi connectivity index (χ1v) is 7.27. The minimum atomic E-state index is 0.122. The second-order valence-electron chi connectivity index (χ2n) is 4.70. The number of alkyl halides is 1. The maximum atomic E-state index is 6.40. The number of aryl methyl sites for hydroxylation is 1. The lowest BCUT2D eigenvalue weighted by atomic mass is 10.2. The van der Waals surface area contributed by atoms with E-state index in [2.05, 4.69) is 29.7 Å². The fourth-order valence-electron chi connectivity index (χ4n) is 2.38. The van der Waals surface area contributed by atoms with Crippen molar-refractivity contribution in [2.75, 3.05) is 13.7 Å². The van der Waals surface area contributed by atoms with Crippen molar-refractivity contribution in [1.82, 2.24) is 9.55 Å². The van der Waals surface area contributed by atoms with E-state index in [-0.39, 0.29) is 5.38 Å². The summed E-state index contributed by atoms with van der Waals surface area (Å²) in [7, 11) is 1.72. The van der Waals surface area contributed by atoms with Crippen LogP contribution >= 0.6 is 11.6 Å². The second-order valence-corrected chi connectivity index (χ2v) is 5.31. The molecule has 0 fully saturated rings. The molecule has 1 atom stereocenters. The molecule has 0 saturated carbocycles. The van der Waals surface area contributed by atoms with E-state index < -0.39 is 0 Å². The number of ether oxygens (including phenoxy) is 1. The molecule has 0 saturated heterocycles. The van der Waals surface area contributed by atoms with Gasteiger partial charge in [-0.15, -0.1) is 11.6 Å². The average molecular weight is 281 g/mol. The zero-order valence-electron chi connectivity index (χ0n) is 11.6. The van der Waals surface area contributed by atoms with Crippen LogP contribution in [0, 0.1) is 0 Å². The summed E-state index contributed by atoms with van der Waals surface area (Å²) in [6.45, 7) is 3.84. The Morgan fingerprint density at radius 3 is 2.89 bits per heavy atom. The van der Waals surface area contributed by atoms with E-state index in [0.29, 0.717) is 0 Å². The van der Waals surface area contributed by atoms with Gasteiger partial charge in [0.15, 0.2) is 0 Å². The highest BCUT2D eigenvalue weighted by Crippen LogP contribution is 2.19. The van der Waals surface area contributed by atoms with E-state index in [1.54, 1.807) is 7.11 Å². The van der Waals surface area contributed by atoms with Crippen molar-refractivity contribution in [3.63, 3.8) is 0 Å². The quantitative estimate of drug-likeness (QED) is 0.572. The first-order chi connectivity index (χ1) is 9.26. The van der Waals surface area contributed by atoms with Gasteiger partial charge in [0, 0.05) is 32.1 Å². The Bertz CT molecular complexity index is 524. The summed E-state index contributed by atoms with van der Waals surface area (Å²) in [5, 5.41) is 0.122. The molecule has 0 N–H and O–H groups in total. The topological polar surface area (TPSA) is 27.1 Å². The standard InChI is InChI=1S/C15H21ClN2O/c1-3-18-14-9-5-4-8-13(14)17-15(18)11-12(16)7-6-10-19-2/h4-5,8-9,12H,3,6-7,10-11H2,1-2H3. The van der Waals surface area contributed by atoms with Gasteiger partial charge in [-0.25, -0.2) is 4.98 Å². The maximum absolute atomic E-state index is 6.40. The van der Waals surface area contributed by atoms with E-state index in [1.165, 1.54) is 5.52 Å². The Balaban J connectivity index is 2.11. The third-order valence-corrected chi connectivity index (χ3v) is 3.69. The van der Waals surface area contributed by atoms with Gasteiger partial charge in [0.2, 0.25) is 0 Å². The van der Waals surface area contributed by atoms with Gasteiger partial charge in [0.25, 0.3) is 0 Å². The molecule has 2 rings (SSSR count). The molecule has 104 valence electrons. The number of methoxy groups -OCH3 is 1. The minimum absolute atomic E-state index is 0.122. The first kappa shape index (κ1) is 14.4. The Labute approximate surface area is 119 Å². The van der Waals surface area contributed by atoms with Crippen molar-refractivity contribution in [3.8, 4) is 0 Å². The molecule has 4 heteroatoms. The van der Waals surface area contributed by atoms with Crippen molar-refractivity contribution < 1.29 is 4.74 Å². The molecular weight excluding hydrogens is 260 g/mol. The van der Waals surface area contributed by atoms with Crippen molar-refractivity contribution >= 4 is 22.6 Å². The summed E-state index contributed by atoms with van der Waals surface area (Å²) in [6, 6.07) is 8.25. The van der Waals surface area contributed by atoms with Crippen LogP contribution in [0.2, 0.25) is 0 Å². The summed E-state index contributed by atoms with van der Waals surface area (Å²) in [5.74, 6) is 1.08. The van der Waals surface area contributed by atoms with Crippen LogP contribution in [0.1, 0.15) is 25.6 Å². The summed E-state index contributed by atoms with van der Waals surface area (Å²) in [4.78, 5) is 4.70. The molecule has 0 bridgehead atoms. The number of benzene rings is 1. The molecule has 0 radical (unpaired) electrons. The zero-order valence-corrected chi connectivity index (χ0v) is 12.4. The lowest BCUT2D eigenvalue weighted by molar-refractivity contribution is 0.192. The van der Waals surface area contributed by atoms with Gasteiger partial charge in [-0.1, -0.05) is 12.1 Å². The van der Waals surface area contributed by atoms with Gasteiger partial charge in [0.05, 0.1) is 11.0 Å². The number of fused-ring (bicyclic) bond motifs is 1. The molecule has 1 aromatic heterocycles. The predicted molar refractivity (Wildman–Crippen MR) is 79.9 cm³/mol. The van der Waals surface area contributed by atoms with Crippen LogP contribution in [0.15, 0.2) is 24.3 Å². The van der Waals surface area contributed by atoms with E-state index in [0.717, 1.165) is 43.8 Å². The molecule has 0 aliphatic heterocycles. The van der Waals surface area contributed by atoms with Gasteiger partial charge < -0.3 is 9.30 Å². The molecule has 1 aromatic carbocycles. The van der Waals surface area contributed by atoms with Gasteiger partial charge >= 0.3 is 0 Å². The molecule has 3 nitrogen and oxygen atoms in total. The van der Waals surface area contributed by atoms with Crippen molar-refractivity contribution in [1.29, 1.82) is 0 Å². The summed E-state index contributed by atoms with van der Waals surface area (Å²) >= 11 is 6.40.